The van der Waals surface area contributed by atoms with E-state index in [-0.39, 0.29) is 16.4 Å². The smallest absolute Gasteiger partial charge is 0.184 e. The molecular weight excluding hydrogens is 236 g/mol. The zero-order valence-electron chi connectivity index (χ0n) is 8.33. The molecule has 7 heteroatoms. The fraction of sp³-hybridized carbons (Fsp3) is 0.111. The number of nitrogens with zero attached hydrogens (tertiary/aromatic N) is 1. The number of thiocarbonyl (C=S) groups is 1. The molecule has 86 valence electrons. The number of hydrogen-bond acceptors (Lipinski definition) is 3. The Kier molecular flexibility index (Phi) is 4.12. The number of hydrogen-bond donors (Lipinski definition) is 2. The van der Waals surface area contributed by atoms with Crippen LogP contribution in [0.25, 0.3) is 0 Å². The van der Waals surface area contributed by atoms with Gasteiger partial charge in [0.25, 0.3) is 0 Å². The van der Waals surface area contributed by atoms with E-state index >= 15 is 0 Å². The molecule has 1 rings (SSSR count). The molecule has 0 spiro atoms. The monoisotopic (exact) mass is 245 g/mol. The molecule has 0 saturated carbocycles. The maximum absolute atomic E-state index is 13.2. The Morgan fingerprint density at radius 2 is 2.25 bits per heavy atom. The van der Waals surface area contributed by atoms with Crippen molar-refractivity contribution in [2.75, 3.05) is 7.11 Å². The summed E-state index contributed by atoms with van der Waals surface area (Å²) in [5, 5.41) is 3.53. The molecule has 1 aromatic carbocycles. The first-order valence-electron chi connectivity index (χ1n) is 4.16. The number of methoxy groups -OCH3 is 1. The van der Waals surface area contributed by atoms with Crippen molar-refractivity contribution >= 4 is 23.5 Å². The largest absolute Gasteiger partial charge is 0.493 e. The van der Waals surface area contributed by atoms with Crippen LogP contribution >= 0.6 is 12.2 Å². The Hall–Kier alpha value is -1.76. The zero-order chi connectivity index (χ0) is 12.1. The van der Waals surface area contributed by atoms with Gasteiger partial charge in [0, 0.05) is 11.6 Å². The van der Waals surface area contributed by atoms with Crippen LogP contribution in [0.3, 0.4) is 0 Å². The number of nitrogens with one attached hydrogen (secondary N) is 1. The van der Waals surface area contributed by atoms with Gasteiger partial charge >= 0.3 is 0 Å². The van der Waals surface area contributed by atoms with E-state index in [0.717, 1.165) is 18.3 Å². The summed E-state index contributed by atoms with van der Waals surface area (Å²) in [4.78, 5) is 0. The first-order chi connectivity index (χ1) is 7.54. The molecule has 3 N–H and O–H groups in total. The Balaban J connectivity index is 3.02. The van der Waals surface area contributed by atoms with Gasteiger partial charge in [-0.25, -0.2) is 8.78 Å². The van der Waals surface area contributed by atoms with Crippen LogP contribution in [0.5, 0.6) is 5.75 Å². The number of rotatable bonds is 3. The number of ether oxygens (including phenoxy) is 1. The molecule has 4 nitrogen and oxygen atoms in total. The van der Waals surface area contributed by atoms with Crippen LogP contribution in [-0.2, 0) is 0 Å². The van der Waals surface area contributed by atoms with Crippen LogP contribution in [0.4, 0.5) is 8.78 Å². The maximum Gasteiger partial charge on any atom is 0.184 e. The van der Waals surface area contributed by atoms with Crippen molar-refractivity contribution in [1.29, 1.82) is 0 Å². The third kappa shape index (κ3) is 3.13. The van der Waals surface area contributed by atoms with Crippen LogP contribution in [0.2, 0.25) is 0 Å². The van der Waals surface area contributed by atoms with Crippen molar-refractivity contribution in [3.8, 4) is 5.75 Å². The summed E-state index contributed by atoms with van der Waals surface area (Å²) in [6, 6.07) is 1.80. The molecule has 0 atom stereocenters. The average Bonchev–Trinajstić information content (AvgIpc) is 2.16. The topological polar surface area (TPSA) is 59.6 Å². The third-order valence-electron chi connectivity index (χ3n) is 1.62. The predicted molar refractivity (Wildman–Crippen MR) is 60.4 cm³/mol. The quantitative estimate of drug-likeness (QED) is 0.476. The second-order valence-corrected chi connectivity index (χ2v) is 3.18. The molecule has 0 saturated heterocycles. The van der Waals surface area contributed by atoms with Crippen molar-refractivity contribution in [1.82, 2.24) is 5.43 Å². The zero-order valence-corrected chi connectivity index (χ0v) is 9.15. The average molecular weight is 245 g/mol. The summed E-state index contributed by atoms with van der Waals surface area (Å²) < 4.78 is 30.9. The van der Waals surface area contributed by atoms with E-state index in [2.05, 4.69) is 22.7 Å². The van der Waals surface area contributed by atoms with Crippen molar-refractivity contribution in [3.05, 3.63) is 29.3 Å². The number of nitrogens with two attached hydrogens (primary N) is 1. The lowest BCUT2D eigenvalue weighted by atomic mass is 10.2. The van der Waals surface area contributed by atoms with Crippen molar-refractivity contribution in [2.24, 2.45) is 10.8 Å². The Morgan fingerprint density at radius 1 is 1.56 bits per heavy atom. The minimum Gasteiger partial charge on any atom is -0.493 e. The van der Waals surface area contributed by atoms with E-state index in [1.165, 1.54) is 7.11 Å². The van der Waals surface area contributed by atoms with Crippen molar-refractivity contribution < 1.29 is 13.5 Å². The van der Waals surface area contributed by atoms with E-state index in [0.29, 0.717) is 0 Å². The lowest BCUT2D eigenvalue weighted by Gasteiger charge is -2.05. The molecule has 0 radical (unpaired) electrons. The van der Waals surface area contributed by atoms with Gasteiger partial charge in [-0.05, 0) is 18.3 Å². The fourth-order valence-electron chi connectivity index (χ4n) is 1.06. The van der Waals surface area contributed by atoms with Gasteiger partial charge in [-0.15, -0.1) is 0 Å². The molecule has 0 fully saturated rings. The standard InChI is InChI=1S/C9H9F2N3OS/c1-15-8-5(4-13-14-9(12)16)2-6(10)3-7(8)11/h2-4H,1H3,(H3,12,14,16). The summed E-state index contributed by atoms with van der Waals surface area (Å²) in [5.41, 5.74) is 7.52. The highest BCUT2D eigenvalue weighted by atomic mass is 32.1. The van der Waals surface area contributed by atoms with Crippen molar-refractivity contribution in [3.63, 3.8) is 0 Å². The summed E-state index contributed by atoms with van der Waals surface area (Å²) in [5.74, 6) is -1.63. The van der Waals surface area contributed by atoms with Gasteiger partial charge in [-0.2, -0.15) is 5.10 Å². The van der Waals surface area contributed by atoms with E-state index in [1.54, 1.807) is 0 Å². The molecule has 0 unspecified atom stereocenters. The molecule has 1 aromatic rings. The van der Waals surface area contributed by atoms with Crippen LogP contribution in [0.1, 0.15) is 5.56 Å². The summed E-state index contributed by atoms with van der Waals surface area (Å²) in [6.45, 7) is 0. The lowest BCUT2D eigenvalue weighted by molar-refractivity contribution is 0.383. The van der Waals surface area contributed by atoms with Crippen LogP contribution in [0.15, 0.2) is 17.2 Å². The fourth-order valence-corrected chi connectivity index (χ4v) is 1.11. The Labute approximate surface area is 96.1 Å². The Bertz CT molecular complexity index is 437. The highest BCUT2D eigenvalue weighted by Gasteiger charge is 2.10. The number of halogens is 2. The lowest BCUT2D eigenvalue weighted by Crippen LogP contribution is -2.24. The van der Waals surface area contributed by atoms with E-state index < -0.39 is 11.6 Å². The number of hydrazone groups is 1. The van der Waals surface area contributed by atoms with Gasteiger partial charge in [0.15, 0.2) is 16.7 Å². The third-order valence-corrected chi connectivity index (χ3v) is 1.71. The Morgan fingerprint density at radius 3 is 2.81 bits per heavy atom. The molecule has 16 heavy (non-hydrogen) atoms. The van der Waals surface area contributed by atoms with Gasteiger partial charge in [0.2, 0.25) is 0 Å². The first kappa shape index (κ1) is 12.3. The minimum absolute atomic E-state index is 0.0490. The van der Waals surface area contributed by atoms with Crippen LogP contribution in [0, 0.1) is 11.6 Å². The van der Waals surface area contributed by atoms with E-state index in [9.17, 15) is 8.78 Å². The molecule has 0 aliphatic carbocycles. The van der Waals surface area contributed by atoms with Crippen LogP contribution in [-0.4, -0.2) is 18.4 Å². The highest BCUT2D eigenvalue weighted by molar-refractivity contribution is 7.80. The SMILES string of the molecule is COc1c(F)cc(F)cc1C=NNC(N)=S. The minimum atomic E-state index is -0.806. The van der Waals surface area contributed by atoms with E-state index in [1.807, 2.05) is 0 Å². The maximum atomic E-state index is 13.2. The number of benzene rings is 1. The van der Waals surface area contributed by atoms with Gasteiger partial charge in [-0.1, -0.05) is 0 Å². The first-order valence-corrected chi connectivity index (χ1v) is 4.57. The normalized spacial score (nSPS) is 10.4. The molecule has 0 amide bonds. The second-order valence-electron chi connectivity index (χ2n) is 2.74. The molecule has 0 bridgehead atoms. The molecule has 0 aliphatic heterocycles. The van der Waals surface area contributed by atoms with Crippen LogP contribution < -0.4 is 15.9 Å². The molecule has 0 aromatic heterocycles. The van der Waals surface area contributed by atoms with Crippen molar-refractivity contribution in [2.45, 2.75) is 0 Å². The summed E-state index contributed by atoms with van der Waals surface area (Å²) in [6.07, 6.45) is 1.16. The summed E-state index contributed by atoms with van der Waals surface area (Å²) >= 11 is 4.50. The van der Waals surface area contributed by atoms with E-state index in [4.69, 9.17) is 10.5 Å². The second kappa shape index (κ2) is 5.36. The molecule has 0 aliphatic rings. The van der Waals surface area contributed by atoms with Gasteiger partial charge in [-0.3, -0.25) is 5.43 Å². The van der Waals surface area contributed by atoms with Gasteiger partial charge < -0.3 is 10.5 Å². The van der Waals surface area contributed by atoms with Gasteiger partial charge in [0.05, 0.1) is 13.3 Å². The van der Waals surface area contributed by atoms with Gasteiger partial charge in [0.1, 0.15) is 5.82 Å². The molecule has 0 heterocycles. The molecular formula is C9H9F2N3OS. The summed E-state index contributed by atoms with van der Waals surface area (Å²) in [7, 11) is 1.27. The predicted octanol–water partition coefficient (Wildman–Crippen LogP) is 1.14. The highest BCUT2D eigenvalue weighted by Crippen LogP contribution is 2.22.